The van der Waals surface area contributed by atoms with E-state index in [9.17, 15) is 5.26 Å². The lowest BCUT2D eigenvalue weighted by atomic mass is 10.1. The molecule has 2 aromatic rings. The average molecular weight is 267 g/mol. The van der Waals surface area contributed by atoms with Crippen LogP contribution in [0.15, 0.2) is 18.2 Å². The first-order valence-electron chi connectivity index (χ1n) is 6.76. The summed E-state index contributed by atoms with van der Waals surface area (Å²) in [5.74, 6) is 2.48. The molecular formula is C15H13N3O2. The zero-order valence-corrected chi connectivity index (χ0v) is 10.9. The smallest absolute Gasteiger partial charge is 0.231 e. The summed E-state index contributed by atoms with van der Waals surface area (Å²) in [7, 11) is 0. The third-order valence-electron chi connectivity index (χ3n) is 3.83. The van der Waals surface area contributed by atoms with Crippen molar-refractivity contribution in [3.05, 3.63) is 29.7 Å². The third kappa shape index (κ3) is 1.58. The minimum Gasteiger partial charge on any atom is -0.454 e. The molecule has 0 unspecified atom stereocenters. The van der Waals surface area contributed by atoms with Crippen LogP contribution < -0.4 is 9.47 Å². The second-order valence-electron chi connectivity index (χ2n) is 5.01. The van der Waals surface area contributed by atoms with Gasteiger partial charge in [0.05, 0.1) is 0 Å². The summed E-state index contributed by atoms with van der Waals surface area (Å²) in [5, 5.41) is 9.45. The molecule has 0 saturated heterocycles. The second kappa shape index (κ2) is 4.27. The Morgan fingerprint density at radius 2 is 2.10 bits per heavy atom. The highest BCUT2D eigenvalue weighted by atomic mass is 16.7. The second-order valence-corrected chi connectivity index (χ2v) is 5.01. The highest BCUT2D eigenvalue weighted by Crippen LogP contribution is 2.37. The van der Waals surface area contributed by atoms with E-state index in [-0.39, 0.29) is 6.79 Å². The molecule has 0 fully saturated rings. The van der Waals surface area contributed by atoms with Gasteiger partial charge in [-0.25, -0.2) is 4.98 Å². The molecule has 5 nitrogen and oxygen atoms in total. The van der Waals surface area contributed by atoms with E-state index in [0.29, 0.717) is 5.69 Å². The molecule has 0 bridgehead atoms. The van der Waals surface area contributed by atoms with Crippen LogP contribution >= 0.6 is 0 Å². The number of fused-ring (bicyclic) bond motifs is 2. The lowest BCUT2D eigenvalue weighted by Crippen LogP contribution is -2.11. The number of imidazole rings is 1. The van der Waals surface area contributed by atoms with Crippen LogP contribution in [0.2, 0.25) is 0 Å². The molecule has 0 aliphatic carbocycles. The Labute approximate surface area is 116 Å². The topological polar surface area (TPSA) is 60.1 Å². The van der Waals surface area contributed by atoms with Crippen molar-refractivity contribution >= 4 is 0 Å². The maximum absolute atomic E-state index is 9.45. The molecular weight excluding hydrogens is 254 g/mol. The van der Waals surface area contributed by atoms with Crippen LogP contribution in [0, 0.1) is 11.3 Å². The van der Waals surface area contributed by atoms with Gasteiger partial charge in [0, 0.05) is 18.5 Å². The summed E-state index contributed by atoms with van der Waals surface area (Å²) in [6.07, 6.45) is 3.19. The molecule has 5 heteroatoms. The number of aryl methyl sites for hydroxylation is 1. The van der Waals surface area contributed by atoms with Crippen LogP contribution in [-0.2, 0) is 13.0 Å². The van der Waals surface area contributed by atoms with Crippen molar-refractivity contribution in [2.24, 2.45) is 0 Å². The molecule has 100 valence electrons. The summed E-state index contributed by atoms with van der Waals surface area (Å²) in [4.78, 5) is 4.66. The highest BCUT2D eigenvalue weighted by Gasteiger charge is 2.22. The number of benzene rings is 1. The Morgan fingerprint density at radius 1 is 1.20 bits per heavy atom. The summed E-state index contributed by atoms with van der Waals surface area (Å²) in [6.45, 7) is 1.14. The van der Waals surface area contributed by atoms with Gasteiger partial charge in [-0.05, 0) is 31.0 Å². The van der Waals surface area contributed by atoms with E-state index in [1.165, 1.54) is 0 Å². The lowest BCUT2D eigenvalue weighted by Gasteiger charge is -2.13. The SMILES string of the molecule is N#Cc1c(-c2ccc3c(c2)OCO3)nc2n1CCCC2. The van der Waals surface area contributed by atoms with Crippen LogP contribution in [0.3, 0.4) is 0 Å². The van der Waals surface area contributed by atoms with Gasteiger partial charge in [0.25, 0.3) is 0 Å². The van der Waals surface area contributed by atoms with Gasteiger partial charge in [-0.3, -0.25) is 0 Å². The largest absolute Gasteiger partial charge is 0.454 e. The first kappa shape index (κ1) is 11.4. The van der Waals surface area contributed by atoms with Crippen molar-refractivity contribution in [2.45, 2.75) is 25.8 Å². The summed E-state index contributed by atoms with van der Waals surface area (Å²) >= 11 is 0. The number of hydrogen-bond donors (Lipinski definition) is 0. The maximum atomic E-state index is 9.45. The quantitative estimate of drug-likeness (QED) is 0.796. The zero-order valence-electron chi connectivity index (χ0n) is 10.9. The molecule has 1 aromatic heterocycles. The van der Waals surface area contributed by atoms with Gasteiger partial charge < -0.3 is 14.0 Å². The minimum atomic E-state index is 0.254. The number of rotatable bonds is 1. The van der Waals surface area contributed by atoms with Crippen LogP contribution in [0.5, 0.6) is 11.5 Å². The Hall–Kier alpha value is -2.48. The Kier molecular flexibility index (Phi) is 2.43. The van der Waals surface area contributed by atoms with Crippen molar-refractivity contribution < 1.29 is 9.47 Å². The summed E-state index contributed by atoms with van der Waals surface area (Å²) in [6, 6.07) is 8.00. The molecule has 2 aliphatic rings. The lowest BCUT2D eigenvalue weighted by molar-refractivity contribution is 0.174. The molecule has 20 heavy (non-hydrogen) atoms. The molecule has 1 aromatic carbocycles. The molecule has 2 aliphatic heterocycles. The normalized spacial score (nSPS) is 15.8. The van der Waals surface area contributed by atoms with Crippen LogP contribution in [0.25, 0.3) is 11.3 Å². The summed E-state index contributed by atoms with van der Waals surface area (Å²) in [5.41, 5.74) is 2.31. The monoisotopic (exact) mass is 267 g/mol. The molecule has 0 atom stereocenters. The van der Waals surface area contributed by atoms with E-state index in [1.807, 2.05) is 22.8 Å². The third-order valence-corrected chi connectivity index (χ3v) is 3.83. The molecule has 0 saturated carbocycles. The number of nitriles is 1. The number of hydrogen-bond acceptors (Lipinski definition) is 4. The molecule has 4 rings (SSSR count). The van der Waals surface area contributed by atoms with Crippen LogP contribution in [0.4, 0.5) is 0 Å². The van der Waals surface area contributed by atoms with Gasteiger partial charge in [0.2, 0.25) is 6.79 Å². The Bertz CT molecular complexity index is 727. The number of nitrogens with zero attached hydrogens (tertiary/aromatic N) is 3. The van der Waals surface area contributed by atoms with Crippen LogP contribution in [0.1, 0.15) is 24.4 Å². The van der Waals surface area contributed by atoms with E-state index in [2.05, 4.69) is 11.1 Å². The van der Waals surface area contributed by atoms with E-state index in [1.54, 1.807) is 0 Å². The molecule has 0 radical (unpaired) electrons. The number of aromatic nitrogens is 2. The fraction of sp³-hybridized carbons (Fsp3) is 0.333. The molecule has 0 N–H and O–H groups in total. The standard InChI is InChI=1S/C15H13N3O2/c16-8-11-15(17-14-3-1-2-6-18(11)14)10-4-5-12-13(7-10)20-9-19-12/h4-5,7H,1-3,6,9H2. The molecule has 3 heterocycles. The van der Waals surface area contributed by atoms with Gasteiger partial charge in [0.15, 0.2) is 11.5 Å². The van der Waals surface area contributed by atoms with Gasteiger partial charge >= 0.3 is 0 Å². The van der Waals surface area contributed by atoms with Gasteiger partial charge in [-0.1, -0.05) is 0 Å². The predicted molar refractivity (Wildman–Crippen MR) is 71.4 cm³/mol. The fourth-order valence-electron chi connectivity index (χ4n) is 2.84. The van der Waals surface area contributed by atoms with Crippen molar-refractivity contribution in [1.29, 1.82) is 5.26 Å². The predicted octanol–water partition coefficient (Wildman–Crippen LogP) is 2.49. The van der Waals surface area contributed by atoms with Gasteiger partial charge in [-0.15, -0.1) is 0 Å². The van der Waals surface area contributed by atoms with Crippen molar-refractivity contribution in [2.75, 3.05) is 6.79 Å². The highest BCUT2D eigenvalue weighted by molar-refractivity contribution is 5.69. The maximum Gasteiger partial charge on any atom is 0.231 e. The van der Waals surface area contributed by atoms with Crippen molar-refractivity contribution in [3.8, 4) is 28.8 Å². The summed E-state index contributed by atoms with van der Waals surface area (Å²) < 4.78 is 12.8. The Morgan fingerprint density at radius 3 is 3.00 bits per heavy atom. The number of ether oxygens (including phenoxy) is 2. The van der Waals surface area contributed by atoms with E-state index < -0.39 is 0 Å². The average Bonchev–Trinajstić information content (AvgIpc) is 3.10. The molecule has 0 spiro atoms. The first-order chi connectivity index (χ1) is 9.86. The van der Waals surface area contributed by atoms with E-state index in [4.69, 9.17) is 9.47 Å². The van der Waals surface area contributed by atoms with Gasteiger partial charge in [-0.2, -0.15) is 5.26 Å². The molecule has 0 amide bonds. The van der Waals surface area contributed by atoms with E-state index in [0.717, 1.165) is 54.4 Å². The fourth-order valence-corrected chi connectivity index (χ4v) is 2.84. The van der Waals surface area contributed by atoms with Crippen molar-refractivity contribution in [3.63, 3.8) is 0 Å². The Balaban J connectivity index is 1.86. The van der Waals surface area contributed by atoms with Gasteiger partial charge in [0.1, 0.15) is 23.3 Å². The first-order valence-corrected chi connectivity index (χ1v) is 6.76. The van der Waals surface area contributed by atoms with Crippen LogP contribution in [-0.4, -0.2) is 16.3 Å². The zero-order chi connectivity index (χ0) is 13.5. The van der Waals surface area contributed by atoms with Crippen molar-refractivity contribution in [1.82, 2.24) is 9.55 Å². The van der Waals surface area contributed by atoms with E-state index >= 15 is 0 Å². The minimum absolute atomic E-state index is 0.254.